The maximum absolute atomic E-state index is 16.0. The van der Waals surface area contributed by atoms with Crippen molar-refractivity contribution in [2.24, 2.45) is 10.4 Å². The summed E-state index contributed by atoms with van der Waals surface area (Å²) in [5.74, 6) is -0.498. The highest BCUT2D eigenvalue weighted by Gasteiger charge is 2.30. The molecule has 0 amide bonds. The number of aliphatic imine (C=N–C) groups is 1. The van der Waals surface area contributed by atoms with E-state index >= 15 is 4.39 Å². The van der Waals surface area contributed by atoms with Gasteiger partial charge in [0.2, 0.25) is 0 Å². The van der Waals surface area contributed by atoms with Gasteiger partial charge in [-0.3, -0.25) is 4.99 Å². The maximum Gasteiger partial charge on any atom is 0.156 e. The van der Waals surface area contributed by atoms with E-state index in [-0.39, 0.29) is 11.3 Å². The van der Waals surface area contributed by atoms with Crippen molar-refractivity contribution in [3.05, 3.63) is 126 Å². The van der Waals surface area contributed by atoms with Crippen LogP contribution in [0.1, 0.15) is 57.9 Å². The van der Waals surface area contributed by atoms with E-state index in [1.165, 1.54) is 0 Å². The van der Waals surface area contributed by atoms with Crippen LogP contribution in [-0.4, -0.2) is 26.5 Å². The van der Waals surface area contributed by atoms with Crippen molar-refractivity contribution in [3.63, 3.8) is 0 Å². The molecule has 212 valence electrons. The summed E-state index contributed by atoms with van der Waals surface area (Å²) in [7, 11) is 1.96. The van der Waals surface area contributed by atoms with E-state index in [1.807, 2.05) is 55.4 Å². The third-order valence-corrected chi connectivity index (χ3v) is 7.52. The van der Waals surface area contributed by atoms with Crippen LogP contribution in [0, 0.1) is 5.41 Å². The molecule has 0 aliphatic carbocycles. The summed E-state index contributed by atoms with van der Waals surface area (Å²) in [6, 6.07) is 8.05. The highest BCUT2D eigenvalue weighted by molar-refractivity contribution is 5.78. The summed E-state index contributed by atoms with van der Waals surface area (Å²) < 4.78 is 21.6. The van der Waals surface area contributed by atoms with Crippen molar-refractivity contribution < 1.29 is 9.13 Å². The van der Waals surface area contributed by atoms with Crippen molar-refractivity contribution >= 4 is 11.9 Å². The smallest absolute Gasteiger partial charge is 0.156 e. The fourth-order valence-electron chi connectivity index (χ4n) is 4.83. The number of nitrogens with zero attached hydrogens (tertiary/aromatic N) is 2. The zero-order chi connectivity index (χ0) is 29.5. The Morgan fingerprint density at radius 2 is 1.82 bits per heavy atom. The molecule has 40 heavy (non-hydrogen) atoms. The third-order valence-electron chi connectivity index (χ3n) is 7.52. The van der Waals surface area contributed by atoms with Crippen LogP contribution in [0.4, 0.5) is 10.1 Å². The van der Waals surface area contributed by atoms with Gasteiger partial charge in [-0.15, -0.1) is 11.5 Å². The third kappa shape index (κ3) is 9.81. The van der Waals surface area contributed by atoms with Crippen LogP contribution in [0.2, 0.25) is 0 Å². The van der Waals surface area contributed by atoms with Gasteiger partial charge in [-0.1, -0.05) is 58.4 Å². The molecule has 1 aliphatic rings. The Kier molecular flexibility index (Phi) is 13.4. The number of ether oxygens (including phenoxy) is 1. The van der Waals surface area contributed by atoms with Crippen LogP contribution in [0.3, 0.4) is 0 Å². The number of rotatable bonds is 15. The monoisotopic (exact) mass is 540 g/mol. The quantitative estimate of drug-likeness (QED) is 0.126. The first-order chi connectivity index (χ1) is 19.2. The average molecular weight is 541 g/mol. The Balaban J connectivity index is 2.20. The van der Waals surface area contributed by atoms with Gasteiger partial charge in [0.05, 0.1) is 0 Å². The second-order valence-corrected chi connectivity index (χ2v) is 10.5. The molecule has 1 aromatic carbocycles. The Labute approximate surface area is 241 Å². The fourth-order valence-corrected chi connectivity index (χ4v) is 4.83. The highest BCUT2D eigenvalue weighted by atomic mass is 19.1. The molecule has 0 radical (unpaired) electrons. The number of hydrogen-bond acceptors (Lipinski definition) is 3. The number of hydrogen-bond donors (Lipinski definition) is 0. The van der Waals surface area contributed by atoms with E-state index in [0.29, 0.717) is 29.4 Å². The first kappa shape index (κ1) is 32.5. The van der Waals surface area contributed by atoms with E-state index < -0.39 is 5.83 Å². The van der Waals surface area contributed by atoms with E-state index in [9.17, 15) is 0 Å². The van der Waals surface area contributed by atoms with Crippen molar-refractivity contribution in [2.75, 3.05) is 25.2 Å². The summed E-state index contributed by atoms with van der Waals surface area (Å²) in [6.07, 6.45) is 13.5. The Morgan fingerprint density at radius 3 is 2.40 bits per heavy atom. The largest absolute Gasteiger partial charge is 0.381 e. The molecule has 4 heteroatoms. The van der Waals surface area contributed by atoms with Crippen LogP contribution < -0.4 is 4.90 Å². The van der Waals surface area contributed by atoms with Gasteiger partial charge in [-0.2, -0.15) is 0 Å². The second-order valence-electron chi connectivity index (χ2n) is 10.5. The molecule has 0 aromatic heterocycles. The molecule has 3 nitrogen and oxygen atoms in total. The lowest BCUT2D eigenvalue weighted by molar-refractivity contribution is 0.00713. The molecule has 1 saturated heterocycles. The van der Waals surface area contributed by atoms with Crippen LogP contribution in [-0.2, 0) is 11.2 Å². The molecule has 2 rings (SSSR count). The molecule has 1 heterocycles. The topological polar surface area (TPSA) is 24.8 Å². The van der Waals surface area contributed by atoms with E-state index in [0.717, 1.165) is 62.1 Å². The summed E-state index contributed by atoms with van der Waals surface area (Å²) in [4.78, 5) is 6.43. The minimum atomic E-state index is -0.498. The SMILES string of the molecule is C=C=C/C=C\N(C)c1ccc(CC(=C)/C(N=CC(=C)C)=C(\F)C(=C)C(=C=C)CCCC2(CC)CCOCC2)cc1. The Bertz CT molecular complexity index is 1240. The normalized spacial score (nSPS) is 15.2. The zero-order valence-corrected chi connectivity index (χ0v) is 24.7. The van der Waals surface area contributed by atoms with Gasteiger partial charge in [-0.25, -0.2) is 4.39 Å². The molecule has 1 aromatic rings. The van der Waals surface area contributed by atoms with E-state index in [2.05, 4.69) is 56.3 Å². The molecule has 0 bridgehead atoms. The number of halogens is 1. The minimum absolute atomic E-state index is 0.176. The number of benzene rings is 1. The average Bonchev–Trinajstić information content (AvgIpc) is 2.95. The summed E-state index contributed by atoms with van der Waals surface area (Å²) in [5.41, 5.74) is 10.4. The number of anilines is 1. The molecule has 0 N–H and O–H groups in total. The zero-order valence-electron chi connectivity index (χ0n) is 24.7. The lowest BCUT2D eigenvalue weighted by Crippen LogP contribution is -2.28. The lowest BCUT2D eigenvalue weighted by Gasteiger charge is -2.36. The summed E-state index contributed by atoms with van der Waals surface area (Å²) in [5, 5.41) is 0. The van der Waals surface area contributed by atoms with Gasteiger partial charge in [0.15, 0.2) is 5.83 Å². The summed E-state index contributed by atoms with van der Waals surface area (Å²) >= 11 is 0. The van der Waals surface area contributed by atoms with Crippen molar-refractivity contribution in [3.8, 4) is 0 Å². The van der Waals surface area contributed by atoms with E-state index in [4.69, 9.17) is 4.74 Å². The van der Waals surface area contributed by atoms with Crippen LogP contribution in [0.15, 0.2) is 126 Å². The van der Waals surface area contributed by atoms with Crippen LogP contribution >= 0.6 is 0 Å². The lowest BCUT2D eigenvalue weighted by atomic mass is 9.74. The van der Waals surface area contributed by atoms with Gasteiger partial charge in [0.1, 0.15) is 5.70 Å². The summed E-state index contributed by atoms with van der Waals surface area (Å²) in [6.45, 7) is 25.2. The van der Waals surface area contributed by atoms with Crippen molar-refractivity contribution in [1.82, 2.24) is 0 Å². The fraction of sp³-hybridized carbons (Fsp3) is 0.361. The predicted octanol–water partition coefficient (Wildman–Crippen LogP) is 9.55. The molecular formula is C36H45FN2O. The van der Waals surface area contributed by atoms with Gasteiger partial charge < -0.3 is 9.64 Å². The van der Waals surface area contributed by atoms with Crippen molar-refractivity contribution in [1.29, 1.82) is 0 Å². The highest BCUT2D eigenvalue weighted by Crippen LogP contribution is 2.40. The van der Waals surface area contributed by atoms with Crippen LogP contribution in [0.5, 0.6) is 0 Å². The van der Waals surface area contributed by atoms with Gasteiger partial charge >= 0.3 is 0 Å². The molecule has 1 aliphatic heterocycles. The molecule has 0 saturated carbocycles. The van der Waals surface area contributed by atoms with Crippen LogP contribution in [0.25, 0.3) is 0 Å². The molecule has 1 fully saturated rings. The first-order valence-corrected chi connectivity index (χ1v) is 13.9. The Morgan fingerprint density at radius 1 is 1.15 bits per heavy atom. The molecule has 0 atom stereocenters. The van der Waals surface area contributed by atoms with Gasteiger partial charge in [0, 0.05) is 49.5 Å². The van der Waals surface area contributed by atoms with Crippen molar-refractivity contribution in [2.45, 2.75) is 58.8 Å². The molecule has 0 unspecified atom stereocenters. The molecule has 0 spiro atoms. The number of allylic oxidation sites excluding steroid dienone is 7. The minimum Gasteiger partial charge on any atom is -0.381 e. The predicted molar refractivity (Wildman–Crippen MR) is 170 cm³/mol. The second kappa shape index (κ2) is 16.4. The Hall–Kier alpha value is -3.68. The first-order valence-electron chi connectivity index (χ1n) is 13.9. The van der Waals surface area contributed by atoms with Gasteiger partial charge in [0.25, 0.3) is 0 Å². The maximum atomic E-state index is 16.0. The van der Waals surface area contributed by atoms with E-state index in [1.54, 1.807) is 12.3 Å². The van der Waals surface area contributed by atoms with Gasteiger partial charge in [-0.05, 0) is 91.9 Å². The standard InChI is InChI=1S/C36H45FN2O/c1-9-12-13-23-39(8)33-18-16-31(17-19-33)26-29(6)35(38-27-28(4)5)34(37)30(7)32(10-2)15-14-20-36(11-3)21-24-40-25-22-36/h12-13,16-19,23,27H,1-2,4,6-7,11,14-15,20-22,24-26H2,3,5,8H3/b23-13-,35-34+,38-27?. The molecular weight excluding hydrogens is 495 g/mol.